The number of rotatable bonds is 9. The molecule has 0 amide bonds. The second-order valence-electron chi connectivity index (χ2n) is 3.38. The lowest BCUT2D eigenvalue weighted by atomic mass is 10.1. The minimum Gasteiger partial charge on any atom is -0.379 e. The molecule has 15 heavy (non-hydrogen) atoms. The molecule has 0 aliphatic carbocycles. The van der Waals surface area contributed by atoms with Gasteiger partial charge in [-0.15, -0.1) is 0 Å². The predicted molar refractivity (Wildman–Crippen MR) is 59.1 cm³/mol. The van der Waals surface area contributed by atoms with Gasteiger partial charge < -0.3 is 9.47 Å². The second kappa shape index (κ2) is 8.04. The van der Waals surface area contributed by atoms with Crippen molar-refractivity contribution in [2.24, 2.45) is 11.1 Å². The SMILES string of the molecule is CCOCCOCC(CC)CS(N)(=O)=O. The van der Waals surface area contributed by atoms with Crippen LogP contribution in [0.15, 0.2) is 0 Å². The molecule has 0 heterocycles. The van der Waals surface area contributed by atoms with Crippen LogP contribution < -0.4 is 5.14 Å². The van der Waals surface area contributed by atoms with E-state index in [1.54, 1.807) is 0 Å². The van der Waals surface area contributed by atoms with Gasteiger partial charge in [-0.1, -0.05) is 13.3 Å². The minimum atomic E-state index is -3.39. The maximum atomic E-state index is 10.8. The van der Waals surface area contributed by atoms with Crippen molar-refractivity contribution in [2.45, 2.75) is 20.3 Å². The topological polar surface area (TPSA) is 78.6 Å². The molecule has 0 bridgehead atoms. The van der Waals surface area contributed by atoms with Crippen molar-refractivity contribution in [1.29, 1.82) is 0 Å². The molecule has 6 heteroatoms. The second-order valence-corrected chi connectivity index (χ2v) is 5.03. The van der Waals surface area contributed by atoms with E-state index in [2.05, 4.69) is 0 Å². The Morgan fingerprint density at radius 1 is 1.20 bits per heavy atom. The van der Waals surface area contributed by atoms with Crippen molar-refractivity contribution >= 4 is 10.0 Å². The van der Waals surface area contributed by atoms with E-state index in [1.165, 1.54) is 0 Å². The van der Waals surface area contributed by atoms with Gasteiger partial charge in [0.25, 0.3) is 0 Å². The largest absolute Gasteiger partial charge is 0.379 e. The molecule has 5 nitrogen and oxygen atoms in total. The van der Waals surface area contributed by atoms with Crippen LogP contribution >= 0.6 is 0 Å². The van der Waals surface area contributed by atoms with E-state index >= 15 is 0 Å². The highest BCUT2D eigenvalue weighted by atomic mass is 32.2. The quantitative estimate of drug-likeness (QED) is 0.589. The lowest BCUT2D eigenvalue weighted by molar-refractivity contribution is 0.0398. The van der Waals surface area contributed by atoms with Gasteiger partial charge in [0.15, 0.2) is 0 Å². The highest BCUT2D eigenvalue weighted by Gasteiger charge is 2.13. The van der Waals surface area contributed by atoms with Crippen LogP contribution in [0.1, 0.15) is 20.3 Å². The smallest absolute Gasteiger partial charge is 0.209 e. The van der Waals surface area contributed by atoms with Crippen molar-refractivity contribution in [3.05, 3.63) is 0 Å². The molecule has 0 aliphatic heterocycles. The Balaban J connectivity index is 3.62. The molecule has 0 radical (unpaired) electrons. The summed E-state index contributed by atoms with van der Waals surface area (Å²) in [6, 6.07) is 0. The normalized spacial score (nSPS) is 14.1. The Morgan fingerprint density at radius 2 is 1.80 bits per heavy atom. The summed E-state index contributed by atoms with van der Waals surface area (Å²) in [5.74, 6) is -0.0420. The third kappa shape index (κ3) is 10.1. The molecule has 0 aliphatic rings. The van der Waals surface area contributed by atoms with Gasteiger partial charge in [-0.25, -0.2) is 13.6 Å². The van der Waals surface area contributed by atoms with Crippen LogP contribution in [0, 0.1) is 5.92 Å². The summed E-state index contributed by atoms with van der Waals surface area (Å²) in [7, 11) is -3.39. The van der Waals surface area contributed by atoms with Gasteiger partial charge in [0.1, 0.15) is 0 Å². The van der Waals surface area contributed by atoms with Crippen LogP contribution in [-0.2, 0) is 19.5 Å². The monoisotopic (exact) mass is 239 g/mol. The number of hydrogen-bond acceptors (Lipinski definition) is 4. The van der Waals surface area contributed by atoms with Crippen LogP contribution in [0.2, 0.25) is 0 Å². The Bertz CT molecular complexity index is 240. The van der Waals surface area contributed by atoms with Crippen molar-refractivity contribution in [2.75, 3.05) is 32.2 Å². The lowest BCUT2D eigenvalue weighted by Gasteiger charge is -2.13. The Hall–Kier alpha value is -0.170. The predicted octanol–water partition coefficient (Wildman–Crippen LogP) is 0.354. The standard InChI is InChI=1S/C9H21NO4S/c1-3-9(8-15(10,11)12)7-14-6-5-13-4-2/h9H,3-8H2,1-2H3,(H2,10,11,12). The van der Waals surface area contributed by atoms with Crippen molar-refractivity contribution in [1.82, 2.24) is 0 Å². The van der Waals surface area contributed by atoms with E-state index < -0.39 is 10.0 Å². The first-order chi connectivity index (χ1) is 6.99. The summed E-state index contributed by atoms with van der Waals surface area (Å²) in [5.41, 5.74) is 0. The van der Waals surface area contributed by atoms with E-state index in [9.17, 15) is 8.42 Å². The summed E-state index contributed by atoms with van der Waals surface area (Å²) < 4.78 is 32.0. The van der Waals surface area contributed by atoms with Crippen LogP contribution in [0.4, 0.5) is 0 Å². The number of ether oxygens (including phenoxy) is 2. The highest BCUT2D eigenvalue weighted by Crippen LogP contribution is 2.05. The molecule has 0 fully saturated rings. The summed E-state index contributed by atoms with van der Waals surface area (Å²) in [4.78, 5) is 0. The Morgan fingerprint density at radius 3 is 2.27 bits per heavy atom. The first-order valence-corrected chi connectivity index (χ1v) is 6.87. The molecule has 0 saturated carbocycles. The molecule has 0 aromatic rings. The number of nitrogens with two attached hydrogens (primary N) is 1. The van der Waals surface area contributed by atoms with Crippen molar-refractivity contribution in [3.8, 4) is 0 Å². The molecule has 92 valence electrons. The van der Waals surface area contributed by atoms with Crippen molar-refractivity contribution < 1.29 is 17.9 Å². The third-order valence-electron chi connectivity index (χ3n) is 1.98. The van der Waals surface area contributed by atoms with Gasteiger partial charge >= 0.3 is 0 Å². The fourth-order valence-electron chi connectivity index (χ4n) is 1.12. The van der Waals surface area contributed by atoms with Gasteiger partial charge in [-0.2, -0.15) is 0 Å². The van der Waals surface area contributed by atoms with Crippen LogP contribution in [0.3, 0.4) is 0 Å². The van der Waals surface area contributed by atoms with Crippen LogP contribution in [0.25, 0.3) is 0 Å². The molecule has 0 aromatic heterocycles. The fraction of sp³-hybridized carbons (Fsp3) is 1.00. The highest BCUT2D eigenvalue weighted by molar-refractivity contribution is 7.89. The lowest BCUT2D eigenvalue weighted by Crippen LogP contribution is -2.26. The van der Waals surface area contributed by atoms with E-state index in [1.807, 2.05) is 13.8 Å². The maximum Gasteiger partial charge on any atom is 0.209 e. The zero-order valence-corrected chi connectivity index (χ0v) is 10.3. The number of primary sulfonamides is 1. The molecule has 2 N–H and O–H groups in total. The van der Waals surface area contributed by atoms with E-state index in [0.717, 1.165) is 6.42 Å². The van der Waals surface area contributed by atoms with Gasteiger partial charge in [0, 0.05) is 6.61 Å². The average molecular weight is 239 g/mol. The van der Waals surface area contributed by atoms with Crippen LogP contribution in [-0.4, -0.2) is 40.6 Å². The van der Waals surface area contributed by atoms with Gasteiger partial charge in [-0.3, -0.25) is 0 Å². The Kier molecular flexibility index (Phi) is 7.95. The molecule has 1 unspecified atom stereocenters. The summed E-state index contributed by atoms with van der Waals surface area (Å²) in [6.07, 6.45) is 0.741. The summed E-state index contributed by atoms with van der Waals surface area (Å²) in [6.45, 7) is 5.95. The molecule has 0 rings (SSSR count). The molecule has 0 aromatic carbocycles. The van der Waals surface area contributed by atoms with Gasteiger partial charge in [0.05, 0.1) is 25.6 Å². The minimum absolute atomic E-state index is 0.0157. The Labute approximate surface area is 92.0 Å². The zero-order chi connectivity index (χ0) is 11.7. The molecule has 0 spiro atoms. The van der Waals surface area contributed by atoms with E-state index in [0.29, 0.717) is 26.4 Å². The first kappa shape index (κ1) is 14.8. The molecular weight excluding hydrogens is 218 g/mol. The first-order valence-electron chi connectivity index (χ1n) is 5.15. The average Bonchev–Trinajstić information content (AvgIpc) is 2.14. The van der Waals surface area contributed by atoms with E-state index in [4.69, 9.17) is 14.6 Å². The van der Waals surface area contributed by atoms with Crippen LogP contribution in [0.5, 0.6) is 0 Å². The van der Waals surface area contributed by atoms with Gasteiger partial charge in [0.2, 0.25) is 10.0 Å². The van der Waals surface area contributed by atoms with Crippen molar-refractivity contribution in [3.63, 3.8) is 0 Å². The molecule has 0 saturated heterocycles. The molecule has 1 atom stereocenters. The zero-order valence-electron chi connectivity index (χ0n) is 9.44. The van der Waals surface area contributed by atoms with E-state index in [-0.39, 0.29) is 11.7 Å². The number of sulfonamides is 1. The summed E-state index contributed by atoms with van der Waals surface area (Å²) >= 11 is 0. The maximum absolute atomic E-state index is 10.8. The number of hydrogen-bond donors (Lipinski definition) is 1. The van der Waals surface area contributed by atoms with Gasteiger partial charge in [-0.05, 0) is 12.8 Å². The third-order valence-corrected chi connectivity index (χ3v) is 2.91. The summed E-state index contributed by atoms with van der Waals surface area (Å²) in [5, 5.41) is 4.96. The fourth-order valence-corrected chi connectivity index (χ4v) is 2.11. The molecular formula is C9H21NO4S.